The number of hydrogen-bond donors (Lipinski definition) is 1. The van der Waals surface area contributed by atoms with Crippen LogP contribution in [0.25, 0.3) is 0 Å². The number of hydrogen-bond acceptors (Lipinski definition) is 7. The Labute approximate surface area is 178 Å². The molecular weight excluding hydrogens is 428 g/mol. The Morgan fingerprint density at radius 1 is 1.13 bits per heavy atom. The van der Waals surface area contributed by atoms with E-state index in [1.54, 1.807) is 36.1 Å². The van der Waals surface area contributed by atoms with E-state index in [0.29, 0.717) is 32.5 Å². The first-order chi connectivity index (χ1) is 14.2. The molecule has 1 N–H and O–H groups in total. The molecule has 2 aliphatic heterocycles. The van der Waals surface area contributed by atoms with Crippen LogP contribution in [0.3, 0.4) is 0 Å². The van der Waals surface area contributed by atoms with Gasteiger partial charge in [-0.3, -0.25) is 0 Å². The number of aryl methyl sites for hydroxylation is 1. The lowest BCUT2D eigenvalue weighted by atomic mass is 10.0. The van der Waals surface area contributed by atoms with Crippen molar-refractivity contribution in [2.75, 3.05) is 31.2 Å². The summed E-state index contributed by atoms with van der Waals surface area (Å²) in [5, 5.41) is 2.26. The summed E-state index contributed by atoms with van der Waals surface area (Å²) >= 11 is 0. The van der Waals surface area contributed by atoms with E-state index in [-0.39, 0.29) is 28.5 Å². The lowest BCUT2D eigenvalue weighted by Gasteiger charge is -2.34. The van der Waals surface area contributed by atoms with Gasteiger partial charge in [0.1, 0.15) is 0 Å². The third kappa shape index (κ3) is 5.15. The van der Waals surface area contributed by atoms with Crippen LogP contribution in [-0.4, -0.2) is 76.4 Å². The second-order valence-corrected chi connectivity index (χ2v) is 12.2. The molecule has 1 aromatic rings. The molecule has 30 heavy (non-hydrogen) atoms. The van der Waals surface area contributed by atoms with Gasteiger partial charge >= 0.3 is 6.09 Å². The van der Waals surface area contributed by atoms with Crippen LogP contribution >= 0.6 is 0 Å². The Hall–Kier alpha value is -1.65. The number of carbonyl (C=O) groups excluding carboxylic acids is 1. The predicted octanol–water partition coefficient (Wildman–Crippen LogP) is 1.40. The second kappa shape index (κ2) is 9.23. The number of amides is 1. The van der Waals surface area contributed by atoms with Gasteiger partial charge in [0.05, 0.1) is 28.3 Å². The van der Waals surface area contributed by atoms with Gasteiger partial charge in [0.25, 0.3) is 0 Å². The van der Waals surface area contributed by atoms with Crippen molar-refractivity contribution in [2.45, 2.75) is 55.3 Å². The molecule has 0 spiro atoms. The summed E-state index contributed by atoms with van der Waals surface area (Å²) in [6.07, 6.45) is 1.68. The molecule has 10 heteroatoms. The lowest BCUT2D eigenvalue weighted by Crippen LogP contribution is -2.52. The SMILES string of the molecule is CCOC(=O)N1CCC(N[C@H]2CS(=O)(=O)C[C@@H]2S(=O)(=O)c2ccc(CC)cc2)CC1. The van der Waals surface area contributed by atoms with Crippen LogP contribution in [0.2, 0.25) is 0 Å². The van der Waals surface area contributed by atoms with Crippen molar-refractivity contribution in [3.8, 4) is 0 Å². The molecule has 1 amide bonds. The molecule has 3 rings (SSSR count). The van der Waals surface area contributed by atoms with Crippen molar-refractivity contribution < 1.29 is 26.4 Å². The predicted molar refractivity (Wildman–Crippen MR) is 114 cm³/mol. The first-order valence-electron chi connectivity index (χ1n) is 10.4. The van der Waals surface area contributed by atoms with Crippen LogP contribution in [0.1, 0.15) is 32.3 Å². The van der Waals surface area contributed by atoms with Crippen molar-refractivity contribution in [2.24, 2.45) is 0 Å². The van der Waals surface area contributed by atoms with E-state index in [4.69, 9.17) is 4.74 Å². The highest BCUT2D eigenvalue weighted by atomic mass is 32.2. The Morgan fingerprint density at radius 2 is 1.77 bits per heavy atom. The maximum absolute atomic E-state index is 13.2. The third-order valence-corrected chi connectivity index (χ3v) is 10.00. The number of rotatable bonds is 6. The van der Waals surface area contributed by atoms with Crippen LogP contribution in [0, 0.1) is 0 Å². The van der Waals surface area contributed by atoms with E-state index in [1.807, 2.05) is 6.92 Å². The highest BCUT2D eigenvalue weighted by Gasteiger charge is 2.46. The van der Waals surface area contributed by atoms with E-state index in [1.165, 1.54) is 0 Å². The van der Waals surface area contributed by atoms with E-state index in [9.17, 15) is 21.6 Å². The summed E-state index contributed by atoms with van der Waals surface area (Å²) in [6, 6.07) is 5.95. The highest BCUT2D eigenvalue weighted by Crippen LogP contribution is 2.27. The van der Waals surface area contributed by atoms with Crippen LogP contribution in [0.15, 0.2) is 29.2 Å². The lowest BCUT2D eigenvalue weighted by molar-refractivity contribution is 0.0945. The summed E-state index contributed by atoms with van der Waals surface area (Å²) in [4.78, 5) is 13.6. The third-order valence-electron chi connectivity index (χ3n) is 5.83. The Morgan fingerprint density at radius 3 is 2.33 bits per heavy atom. The maximum atomic E-state index is 13.2. The number of benzene rings is 1. The van der Waals surface area contributed by atoms with Gasteiger partial charge in [-0.25, -0.2) is 21.6 Å². The molecule has 0 bridgehead atoms. The largest absolute Gasteiger partial charge is 0.450 e. The summed E-state index contributed by atoms with van der Waals surface area (Å²) in [7, 11) is -7.25. The molecule has 2 atom stereocenters. The van der Waals surface area contributed by atoms with Gasteiger partial charge in [-0.15, -0.1) is 0 Å². The highest BCUT2D eigenvalue weighted by molar-refractivity contribution is 7.96. The van der Waals surface area contributed by atoms with Crippen molar-refractivity contribution >= 4 is 25.8 Å². The number of piperidine rings is 1. The number of sulfone groups is 2. The smallest absolute Gasteiger partial charge is 0.409 e. The summed E-state index contributed by atoms with van der Waals surface area (Å²) in [5.74, 6) is -0.563. The zero-order valence-electron chi connectivity index (χ0n) is 17.4. The van der Waals surface area contributed by atoms with Crippen LogP contribution in [0.5, 0.6) is 0 Å². The van der Waals surface area contributed by atoms with E-state index in [2.05, 4.69) is 5.32 Å². The standard InChI is InChI=1S/C20H30N2O6S2/c1-3-15-5-7-17(8-6-15)30(26,27)19-14-29(24,25)13-18(19)21-16-9-11-22(12-10-16)20(23)28-4-2/h5-8,16,18-19,21H,3-4,9-14H2,1-2H3/t18-,19-/m0/s1. The zero-order chi connectivity index (χ0) is 21.9. The van der Waals surface area contributed by atoms with Crippen molar-refractivity contribution in [3.63, 3.8) is 0 Å². The average Bonchev–Trinajstić information content (AvgIpc) is 3.03. The minimum atomic E-state index is -3.79. The van der Waals surface area contributed by atoms with Gasteiger partial charge in [0.15, 0.2) is 19.7 Å². The first kappa shape index (κ1) is 23.0. The number of nitrogens with zero attached hydrogens (tertiary/aromatic N) is 1. The van der Waals surface area contributed by atoms with Gasteiger partial charge < -0.3 is 15.0 Å². The summed E-state index contributed by atoms with van der Waals surface area (Å²) in [6.45, 7) is 5.04. The molecule has 8 nitrogen and oxygen atoms in total. The minimum Gasteiger partial charge on any atom is -0.450 e. The average molecular weight is 459 g/mol. The molecule has 0 saturated carbocycles. The molecule has 1 aromatic carbocycles. The van der Waals surface area contributed by atoms with Crippen LogP contribution in [-0.2, 0) is 30.8 Å². The molecule has 2 heterocycles. The molecule has 0 radical (unpaired) electrons. The summed E-state index contributed by atoms with van der Waals surface area (Å²) < 4.78 is 56.1. The normalized spacial score (nSPS) is 24.7. The maximum Gasteiger partial charge on any atom is 0.409 e. The topological polar surface area (TPSA) is 110 Å². The zero-order valence-corrected chi connectivity index (χ0v) is 19.0. The molecular formula is C20H30N2O6S2. The van der Waals surface area contributed by atoms with E-state index < -0.39 is 31.0 Å². The second-order valence-electron chi connectivity index (χ2n) is 7.89. The fraction of sp³-hybridized carbons (Fsp3) is 0.650. The quantitative estimate of drug-likeness (QED) is 0.686. The molecule has 168 valence electrons. The molecule has 2 fully saturated rings. The Balaban J connectivity index is 1.71. The molecule has 2 saturated heterocycles. The van der Waals surface area contributed by atoms with Gasteiger partial charge in [0, 0.05) is 25.2 Å². The molecule has 0 aromatic heterocycles. The molecule has 0 unspecified atom stereocenters. The van der Waals surface area contributed by atoms with Crippen molar-refractivity contribution in [1.29, 1.82) is 0 Å². The van der Waals surface area contributed by atoms with Crippen LogP contribution in [0.4, 0.5) is 4.79 Å². The number of nitrogens with one attached hydrogen (secondary N) is 1. The van der Waals surface area contributed by atoms with Gasteiger partial charge in [-0.2, -0.15) is 0 Å². The van der Waals surface area contributed by atoms with Gasteiger partial charge in [-0.05, 0) is 43.9 Å². The Bertz CT molecular complexity index is 952. The fourth-order valence-electron chi connectivity index (χ4n) is 4.11. The van der Waals surface area contributed by atoms with Crippen molar-refractivity contribution in [1.82, 2.24) is 10.2 Å². The Kier molecular flexibility index (Phi) is 7.09. The monoisotopic (exact) mass is 458 g/mol. The van der Waals surface area contributed by atoms with Crippen LogP contribution < -0.4 is 5.32 Å². The molecule has 0 aliphatic carbocycles. The van der Waals surface area contributed by atoms with E-state index in [0.717, 1.165) is 12.0 Å². The minimum absolute atomic E-state index is 0.0471. The molecule has 2 aliphatic rings. The fourth-order valence-corrected chi connectivity index (χ4v) is 8.79. The number of ether oxygens (including phenoxy) is 1. The first-order valence-corrected chi connectivity index (χ1v) is 13.7. The van der Waals surface area contributed by atoms with Gasteiger partial charge in [-0.1, -0.05) is 19.1 Å². The van der Waals surface area contributed by atoms with Crippen molar-refractivity contribution in [3.05, 3.63) is 29.8 Å². The number of likely N-dealkylation sites (tertiary alicyclic amines) is 1. The van der Waals surface area contributed by atoms with E-state index >= 15 is 0 Å². The van der Waals surface area contributed by atoms with Gasteiger partial charge in [0.2, 0.25) is 0 Å². The summed E-state index contributed by atoms with van der Waals surface area (Å²) in [5.41, 5.74) is 1.02. The number of carbonyl (C=O) groups is 1.